The first-order valence-electron chi connectivity index (χ1n) is 12.1. The molecule has 2 aromatic heterocycles. The molecule has 6 rings (SSSR count). The zero-order valence-corrected chi connectivity index (χ0v) is 19.8. The lowest BCUT2D eigenvalue weighted by molar-refractivity contribution is 0.102. The Bertz CT molecular complexity index is 1500. The number of nitrogens with zero attached hydrogens (tertiary/aromatic N) is 4. The second-order valence-corrected chi connectivity index (χ2v) is 9.17. The van der Waals surface area contributed by atoms with Crippen molar-refractivity contribution >= 4 is 34.5 Å². The van der Waals surface area contributed by atoms with Gasteiger partial charge in [0, 0.05) is 48.5 Å². The van der Waals surface area contributed by atoms with E-state index in [1.165, 1.54) is 12.3 Å². The number of hydrogen-bond donors (Lipinski definition) is 2. The quantitative estimate of drug-likeness (QED) is 0.413. The summed E-state index contributed by atoms with van der Waals surface area (Å²) in [7, 11) is 0. The minimum atomic E-state index is -0.467. The number of amides is 3. The van der Waals surface area contributed by atoms with Crippen molar-refractivity contribution in [2.24, 2.45) is 0 Å². The Hall–Kier alpha value is -4.47. The van der Waals surface area contributed by atoms with Crippen molar-refractivity contribution < 1.29 is 18.4 Å². The highest BCUT2D eigenvalue weighted by Crippen LogP contribution is 2.38. The van der Waals surface area contributed by atoms with Crippen LogP contribution in [0.15, 0.2) is 67.0 Å². The Kier molecular flexibility index (Phi) is 5.71. The molecule has 4 aromatic rings. The summed E-state index contributed by atoms with van der Waals surface area (Å²) in [6.45, 7) is 1.89. The minimum absolute atomic E-state index is 0.140. The van der Waals surface area contributed by atoms with Crippen LogP contribution in [0.4, 0.5) is 30.6 Å². The number of rotatable bonds is 5. The summed E-state index contributed by atoms with van der Waals surface area (Å²) in [5.41, 5.74) is 3.47. The summed E-state index contributed by atoms with van der Waals surface area (Å²) in [6, 6.07) is 13.9. The SMILES string of the molecule is O=C(Nc1ccc(N2CCNC2=O)cc1)c1cnn2ccc(N3CCCC3c3cc(F)ccc3F)cc12. The molecule has 188 valence electrons. The maximum atomic E-state index is 14.5. The van der Waals surface area contributed by atoms with Gasteiger partial charge in [0.25, 0.3) is 5.91 Å². The smallest absolute Gasteiger partial charge is 0.321 e. The molecule has 1 atom stereocenters. The molecular weight excluding hydrogens is 478 g/mol. The number of fused-ring (bicyclic) bond motifs is 1. The van der Waals surface area contributed by atoms with Gasteiger partial charge in [0.1, 0.15) is 11.6 Å². The molecule has 2 saturated heterocycles. The molecule has 10 heteroatoms. The molecule has 0 bridgehead atoms. The number of nitrogens with one attached hydrogen (secondary N) is 2. The number of hydrogen-bond acceptors (Lipinski definition) is 4. The second kappa shape index (κ2) is 9.20. The van der Waals surface area contributed by atoms with E-state index in [1.54, 1.807) is 39.9 Å². The largest absolute Gasteiger partial charge is 0.364 e. The van der Waals surface area contributed by atoms with Crippen LogP contribution in [0.2, 0.25) is 0 Å². The summed E-state index contributed by atoms with van der Waals surface area (Å²) < 4.78 is 30.0. The zero-order chi connectivity index (χ0) is 25.5. The lowest BCUT2D eigenvalue weighted by atomic mass is 10.0. The number of urea groups is 1. The molecule has 1 unspecified atom stereocenters. The number of benzene rings is 2. The number of halogens is 2. The molecule has 2 N–H and O–H groups in total. The number of aromatic nitrogens is 2. The first-order chi connectivity index (χ1) is 18.0. The summed E-state index contributed by atoms with van der Waals surface area (Å²) >= 11 is 0. The number of anilines is 3. The van der Waals surface area contributed by atoms with Gasteiger partial charge < -0.3 is 15.5 Å². The van der Waals surface area contributed by atoms with Crippen LogP contribution >= 0.6 is 0 Å². The van der Waals surface area contributed by atoms with Crippen molar-refractivity contribution in [3.8, 4) is 0 Å². The molecule has 0 radical (unpaired) electrons. The van der Waals surface area contributed by atoms with E-state index in [0.29, 0.717) is 48.4 Å². The fraction of sp³-hybridized carbons (Fsp3) is 0.222. The summed E-state index contributed by atoms with van der Waals surface area (Å²) in [6.07, 6.45) is 4.81. The van der Waals surface area contributed by atoms with Crippen molar-refractivity contribution in [3.05, 3.63) is 89.8 Å². The summed E-state index contributed by atoms with van der Waals surface area (Å²) in [5, 5.41) is 9.95. The van der Waals surface area contributed by atoms with Gasteiger partial charge in [-0.3, -0.25) is 9.69 Å². The van der Waals surface area contributed by atoms with Crippen LogP contribution in [0.1, 0.15) is 34.8 Å². The predicted molar refractivity (Wildman–Crippen MR) is 136 cm³/mol. The average molecular weight is 503 g/mol. The summed E-state index contributed by atoms with van der Waals surface area (Å²) in [4.78, 5) is 28.7. The Morgan fingerprint density at radius 3 is 2.65 bits per heavy atom. The standard InChI is InChI=1S/C27H24F2N6O2/c28-17-3-8-23(29)21(14-17)24-2-1-11-33(24)20-9-12-35-25(15-20)22(16-31-35)26(36)32-18-4-6-19(7-5-18)34-13-10-30-27(34)37/h3-9,12,14-16,24H,1-2,10-11,13H2,(H,30,37)(H,32,36). The first kappa shape index (κ1) is 23.0. The van der Waals surface area contributed by atoms with Crippen molar-refractivity contribution in [1.82, 2.24) is 14.9 Å². The third kappa shape index (κ3) is 4.24. The molecule has 0 saturated carbocycles. The highest BCUT2D eigenvalue weighted by molar-refractivity contribution is 6.09. The first-order valence-corrected chi connectivity index (χ1v) is 12.1. The van der Waals surface area contributed by atoms with E-state index in [2.05, 4.69) is 15.7 Å². The Morgan fingerprint density at radius 1 is 1.03 bits per heavy atom. The van der Waals surface area contributed by atoms with Gasteiger partial charge in [-0.2, -0.15) is 5.10 Å². The van der Waals surface area contributed by atoms with Crippen LogP contribution in [0.3, 0.4) is 0 Å². The third-order valence-corrected chi connectivity index (χ3v) is 6.94. The lowest BCUT2D eigenvalue weighted by Crippen LogP contribution is -2.27. The topological polar surface area (TPSA) is 82.0 Å². The van der Waals surface area contributed by atoms with Crippen LogP contribution in [0, 0.1) is 11.6 Å². The van der Waals surface area contributed by atoms with Gasteiger partial charge in [-0.05, 0) is 67.4 Å². The van der Waals surface area contributed by atoms with E-state index in [4.69, 9.17) is 0 Å². The molecule has 8 nitrogen and oxygen atoms in total. The number of pyridine rings is 1. The normalized spacial score (nSPS) is 17.5. The van der Waals surface area contributed by atoms with Crippen molar-refractivity contribution in [2.45, 2.75) is 18.9 Å². The Labute approximate surface area is 211 Å². The van der Waals surface area contributed by atoms with Crippen LogP contribution < -0.4 is 20.4 Å². The highest BCUT2D eigenvalue weighted by Gasteiger charge is 2.29. The second-order valence-electron chi connectivity index (χ2n) is 9.17. The van der Waals surface area contributed by atoms with Gasteiger partial charge in [-0.1, -0.05) is 0 Å². The van der Waals surface area contributed by atoms with E-state index < -0.39 is 11.6 Å². The molecule has 4 heterocycles. The Balaban J connectivity index is 1.25. The van der Waals surface area contributed by atoms with Crippen LogP contribution in [0.25, 0.3) is 5.52 Å². The minimum Gasteiger partial charge on any atom is -0.364 e. The van der Waals surface area contributed by atoms with Gasteiger partial charge in [0.15, 0.2) is 0 Å². The summed E-state index contributed by atoms with van der Waals surface area (Å²) in [5.74, 6) is -1.22. The molecule has 2 aliphatic rings. The van der Waals surface area contributed by atoms with Crippen LogP contribution in [-0.2, 0) is 0 Å². The Morgan fingerprint density at radius 2 is 1.86 bits per heavy atom. The third-order valence-electron chi connectivity index (χ3n) is 6.94. The molecule has 2 fully saturated rings. The molecule has 2 aliphatic heterocycles. The zero-order valence-electron chi connectivity index (χ0n) is 19.8. The van der Waals surface area contributed by atoms with Crippen molar-refractivity contribution in [2.75, 3.05) is 34.8 Å². The highest BCUT2D eigenvalue weighted by atomic mass is 19.1. The van der Waals surface area contributed by atoms with E-state index >= 15 is 0 Å². The predicted octanol–water partition coefficient (Wildman–Crippen LogP) is 4.74. The molecule has 0 aliphatic carbocycles. The van der Waals surface area contributed by atoms with Gasteiger partial charge in [0.2, 0.25) is 0 Å². The monoisotopic (exact) mass is 502 g/mol. The van der Waals surface area contributed by atoms with Gasteiger partial charge in [-0.15, -0.1) is 0 Å². The lowest BCUT2D eigenvalue weighted by Gasteiger charge is -2.27. The van der Waals surface area contributed by atoms with Crippen molar-refractivity contribution in [3.63, 3.8) is 0 Å². The number of carbonyl (C=O) groups excluding carboxylic acids is 2. The van der Waals surface area contributed by atoms with Gasteiger partial charge in [-0.25, -0.2) is 18.1 Å². The molecule has 0 spiro atoms. The van der Waals surface area contributed by atoms with E-state index in [9.17, 15) is 18.4 Å². The molecule has 2 aromatic carbocycles. The van der Waals surface area contributed by atoms with E-state index in [1.807, 2.05) is 17.0 Å². The van der Waals surface area contributed by atoms with Gasteiger partial charge >= 0.3 is 6.03 Å². The fourth-order valence-corrected chi connectivity index (χ4v) is 5.13. The van der Waals surface area contributed by atoms with E-state index in [0.717, 1.165) is 29.9 Å². The molecular formula is C27H24F2N6O2. The van der Waals surface area contributed by atoms with Crippen LogP contribution in [0.5, 0.6) is 0 Å². The fourth-order valence-electron chi connectivity index (χ4n) is 5.13. The van der Waals surface area contributed by atoms with Gasteiger partial charge in [0.05, 0.1) is 23.3 Å². The number of carbonyl (C=O) groups is 2. The molecule has 37 heavy (non-hydrogen) atoms. The van der Waals surface area contributed by atoms with Crippen molar-refractivity contribution in [1.29, 1.82) is 0 Å². The van der Waals surface area contributed by atoms with E-state index in [-0.39, 0.29) is 18.0 Å². The maximum Gasteiger partial charge on any atom is 0.321 e. The molecule has 3 amide bonds. The van der Waals surface area contributed by atoms with Crippen LogP contribution in [-0.4, -0.2) is 41.2 Å². The maximum absolute atomic E-state index is 14.5. The average Bonchev–Trinajstić information content (AvgIpc) is 3.65.